The lowest BCUT2D eigenvalue weighted by Gasteiger charge is -2.30. The van der Waals surface area contributed by atoms with Crippen LogP contribution < -0.4 is 5.73 Å². The van der Waals surface area contributed by atoms with E-state index in [-0.39, 0.29) is 6.04 Å². The predicted molar refractivity (Wildman–Crippen MR) is 56.8 cm³/mol. The first-order valence-electron chi connectivity index (χ1n) is 5.44. The van der Waals surface area contributed by atoms with Crippen molar-refractivity contribution in [3.8, 4) is 0 Å². The van der Waals surface area contributed by atoms with Crippen molar-refractivity contribution >= 4 is 0 Å². The van der Waals surface area contributed by atoms with E-state index >= 15 is 0 Å². The molecule has 78 valence electrons. The van der Waals surface area contributed by atoms with Crippen LogP contribution in [0, 0.1) is 5.41 Å². The molecule has 0 amide bonds. The summed E-state index contributed by atoms with van der Waals surface area (Å²) in [5.74, 6) is 1.02. The maximum atomic E-state index is 6.24. The standard InChI is InChI=1S/C11H19N3/c1-11(4-2-3-5-11)9(12)8-10-13-6-7-14-10/h6-7,9H,2-5,8,12H2,1H3,(H,13,14). The fourth-order valence-electron chi connectivity index (χ4n) is 2.42. The summed E-state index contributed by atoms with van der Waals surface area (Å²) >= 11 is 0. The fourth-order valence-corrected chi connectivity index (χ4v) is 2.42. The van der Waals surface area contributed by atoms with Gasteiger partial charge in [-0.1, -0.05) is 19.8 Å². The average molecular weight is 193 g/mol. The van der Waals surface area contributed by atoms with Crippen LogP contribution in [0.2, 0.25) is 0 Å². The average Bonchev–Trinajstić information content (AvgIpc) is 2.76. The molecule has 1 aromatic heterocycles. The van der Waals surface area contributed by atoms with Gasteiger partial charge in [-0.2, -0.15) is 0 Å². The van der Waals surface area contributed by atoms with Gasteiger partial charge in [-0.05, 0) is 18.3 Å². The van der Waals surface area contributed by atoms with E-state index in [1.807, 2.05) is 6.20 Å². The van der Waals surface area contributed by atoms with Crippen LogP contribution in [0.15, 0.2) is 12.4 Å². The first-order valence-corrected chi connectivity index (χ1v) is 5.44. The molecule has 1 aliphatic rings. The van der Waals surface area contributed by atoms with Crippen molar-refractivity contribution < 1.29 is 0 Å². The lowest BCUT2D eigenvalue weighted by molar-refractivity contribution is 0.258. The van der Waals surface area contributed by atoms with Crippen molar-refractivity contribution in [2.75, 3.05) is 0 Å². The zero-order valence-electron chi connectivity index (χ0n) is 8.79. The topological polar surface area (TPSA) is 54.7 Å². The second-order valence-electron chi connectivity index (χ2n) is 4.71. The minimum Gasteiger partial charge on any atom is -0.349 e. The molecule has 1 aromatic rings. The molecule has 1 saturated carbocycles. The number of nitrogens with one attached hydrogen (secondary N) is 1. The Hall–Kier alpha value is -0.830. The largest absolute Gasteiger partial charge is 0.349 e. The Labute approximate surface area is 85.1 Å². The molecule has 3 heteroatoms. The second kappa shape index (κ2) is 3.73. The maximum absolute atomic E-state index is 6.24. The van der Waals surface area contributed by atoms with Crippen LogP contribution in [-0.2, 0) is 6.42 Å². The van der Waals surface area contributed by atoms with Gasteiger partial charge in [0.25, 0.3) is 0 Å². The molecule has 0 radical (unpaired) electrons. The second-order valence-corrected chi connectivity index (χ2v) is 4.71. The van der Waals surface area contributed by atoms with Crippen molar-refractivity contribution in [3.05, 3.63) is 18.2 Å². The molecule has 3 N–H and O–H groups in total. The van der Waals surface area contributed by atoms with Gasteiger partial charge in [0.1, 0.15) is 5.82 Å². The van der Waals surface area contributed by atoms with Crippen molar-refractivity contribution in [1.29, 1.82) is 0 Å². The van der Waals surface area contributed by atoms with Gasteiger partial charge in [-0.3, -0.25) is 0 Å². The van der Waals surface area contributed by atoms with Crippen LogP contribution in [0.4, 0.5) is 0 Å². The minimum absolute atomic E-state index is 0.246. The third kappa shape index (κ3) is 1.82. The van der Waals surface area contributed by atoms with Gasteiger partial charge in [0.2, 0.25) is 0 Å². The van der Waals surface area contributed by atoms with E-state index in [0.717, 1.165) is 12.2 Å². The third-order valence-corrected chi connectivity index (χ3v) is 3.61. The van der Waals surface area contributed by atoms with Gasteiger partial charge < -0.3 is 10.7 Å². The number of rotatable bonds is 3. The van der Waals surface area contributed by atoms with E-state index in [0.29, 0.717) is 5.41 Å². The zero-order valence-corrected chi connectivity index (χ0v) is 8.79. The maximum Gasteiger partial charge on any atom is 0.107 e. The summed E-state index contributed by atoms with van der Waals surface area (Å²) in [4.78, 5) is 7.34. The Morgan fingerprint density at radius 3 is 2.86 bits per heavy atom. The minimum atomic E-state index is 0.246. The Bertz CT molecular complexity index is 273. The first-order chi connectivity index (χ1) is 6.71. The number of imidazole rings is 1. The molecule has 0 bridgehead atoms. The molecule has 1 aliphatic carbocycles. The number of hydrogen-bond donors (Lipinski definition) is 2. The summed E-state index contributed by atoms with van der Waals surface area (Å²) in [5, 5.41) is 0. The normalized spacial score (nSPS) is 22.4. The van der Waals surface area contributed by atoms with E-state index in [1.54, 1.807) is 6.20 Å². The SMILES string of the molecule is CC1(C(N)Cc2ncc[nH]2)CCCC1. The molecule has 0 aliphatic heterocycles. The van der Waals surface area contributed by atoms with Gasteiger partial charge in [0, 0.05) is 24.9 Å². The summed E-state index contributed by atoms with van der Waals surface area (Å²) in [5.41, 5.74) is 6.58. The molecule has 1 atom stereocenters. The van der Waals surface area contributed by atoms with Crippen molar-refractivity contribution in [2.45, 2.75) is 45.1 Å². The molecule has 2 rings (SSSR count). The molecule has 3 nitrogen and oxygen atoms in total. The summed E-state index contributed by atoms with van der Waals surface area (Å²) in [6, 6.07) is 0.246. The molecule has 1 heterocycles. The van der Waals surface area contributed by atoms with E-state index in [4.69, 9.17) is 5.73 Å². The van der Waals surface area contributed by atoms with Crippen LogP contribution in [0.25, 0.3) is 0 Å². The molecule has 0 spiro atoms. The number of hydrogen-bond acceptors (Lipinski definition) is 2. The van der Waals surface area contributed by atoms with Crippen LogP contribution in [0.5, 0.6) is 0 Å². The van der Waals surface area contributed by atoms with Crippen molar-refractivity contribution in [2.24, 2.45) is 11.1 Å². The highest BCUT2D eigenvalue weighted by atomic mass is 14.9. The Morgan fingerprint density at radius 2 is 2.29 bits per heavy atom. The Balaban J connectivity index is 1.98. The highest BCUT2D eigenvalue weighted by Gasteiger charge is 2.34. The van der Waals surface area contributed by atoms with Gasteiger partial charge in [0.15, 0.2) is 0 Å². The monoisotopic (exact) mass is 193 g/mol. The fraction of sp³-hybridized carbons (Fsp3) is 0.727. The predicted octanol–water partition coefficient (Wildman–Crippen LogP) is 1.86. The summed E-state index contributed by atoms with van der Waals surface area (Å²) in [6.07, 6.45) is 9.75. The van der Waals surface area contributed by atoms with Crippen LogP contribution >= 0.6 is 0 Å². The molecule has 0 saturated heterocycles. The van der Waals surface area contributed by atoms with Crippen LogP contribution in [0.3, 0.4) is 0 Å². The summed E-state index contributed by atoms with van der Waals surface area (Å²) < 4.78 is 0. The van der Waals surface area contributed by atoms with E-state index < -0.39 is 0 Å². The van der Waals surface area contributed by atoms with Gasteiger partial charge >= 0.3 is 0 Å². The molecule has 1 unspecified atom stereocenters. The van der Waals surface area contributed by atoms with Gasteiger partial charge in [0.05, 0.1) is 0 Å². The van der Waals surface area contributed by atoms with Crippen LogP contribution in [0.1, 0.15) is 38.4 Å². The van der Waals surface area contributed by atoms with Gasteiger partial charge in [-0.25, -0.2) is 4.98 Å². The molecular formula is C11H19N3. The van der Waals surface area contributed by atoms with E-state index in [9.17, 15) is 0 Å². The molecule has 14 heavy (non-hydrogen) atoms. The molecular weight excluding hydrogens is 174 g/mol. The number of nitrogens with zero attached hydrogens (tertiary/aromatic N) is 1. The highest BCUT2D eigenvalue weighted by molar-refractivity contribution is 4.97. The number of aromatic amines is 1. The lowest BCUT2D eigenvalue weighted by Crippen LogP contribution is -2.39. The summed E-state index contributed by atoms with van der Waals surface area (Å²) in [6.45, 7) is 2.31. The smallest absolute Gasteiger partial charge is 0.107 e. The van der Waals surface area contributed by atoms with Gasteiger partial charge in [-0.15, -0.1) is 0 Å². The molecule has 1 fully saturated rings. The lowest BCUT2D eigenvalue weighted by atomic mass is 9.79. The zero-order chi connectivity index (χ0) is 10.0. The van der Waals surface area contributed by atoms with Crippen molar-refractivity contribution in [1.82, 2.24) is 9.97 Å². The van der Waals surface area contributed by atoms with Crippen LogP contribution in [-0.4, -0.2) is 16.0 Å². The number of H-pyrrole nitrogens is 1. The molecule has 0 aromatic carbocycles. The van der Waals surface area contributed by atoms with E-state index in [1.165, 1.54) is 25.7 Å². The number of aromatic nitrogens is 2. The third-order valence-electron chi connectivity index (χ3n) is 3.61. The Morgan fingerprint density at radius 1 is 1.57 bits per heavy atom. The Kier molecular flexibility index (Phi) is 2.59. The quantitative estimate of drug-likeness (QED) is 0.769. The van der Waals surface area contributed by atoms with Crippen molar-refractivity contribution in [3.63, 3.8) is 0 Å². The number of nitrogens with two attached hydrogens (primary N) is 1. The first kappa shape index (κ1) is 9.71. The highest BCUT2D eigenvalue weighted by Crippen LogP contribution is 2.40. The summed E-state index contributed by atoms with van der Waals surface area (Å²) in [7, 11) is 0. The van der Waals surface area contributed by atoms with E-state index in [2.05, 4.69) is 16.9 Å².